The molecule has 1 aromatic carbocycles. The Bertz CT molecular complexity index is 631. The third-order valence-corrected chi connectivity index (χ3v) is 6.09. The van der Waals surface area contributed by atoms with E-state index in [9.17, 15) is 15.0 Å². The predicted molar refractivity (Wildman–Crippen MR) is 110 cm³/mol. The average Bonchev–Trinajstić information content (AvgIpc) is 2.77. The minimum absolute atomic E-state index is 0.00861. The Morgan fingerprint density at radius 2 is 1.93 bits per heavy atom. The molecule has 2 aliphatic heterocycles. The van der Waals surface area contributed by atoms with Crippen molar-refractivity contribution in [1.29, 1.82) is 0 Å². The molecule has 162 valence electrons. The van der Waals surface area contributed by atoms with Gasteiger partial charge in [-0.25, -0.2) is 0 Å². The van der Waals surface area contributed by atoms with Gasteiger partial charge < -0.3 is 29.9 Å². The molecule has 0 aliphatic carbocycles. The van der Waals surface area contributed by atoms with Gasteiger partial charge >= 0.3 is 0 Å². The Balaban J connectivity index is 1.42. The highest BCUT2D eigenvalue weighted by Crippen LogP contribution is 2.24. The number of hydrogen-bond acceptors (Lipinski definition) is 6. The van der Waals surface area contributed by atoms with E-state index in [-0.39, 0.29) is 18.6 Å². The van der Waals surface area contributed by atoms with Crippen molar-refractivity contribution in [1.82, 2.24) is 10.2 Å². The fourth-order valence-corrected chi connectivity index (χ4v) is 4.08. The van der Waals surface area contributed by atoms with Gasteiger partial charge in [0.15, 0.2) is 6.10 Å². The molecular weight excluding hydrogens is 372 g/mol. The van der Waals surface area contributed by atoms with E-state index < -0.39 is 12.2 Å². The second-order valence-electron chi connectivity index (χ2n) is 8.15. The fraction of sp³-hybridized carbons (Fsp3) is 0.682. The van der Waals surface area contributed by atoms with Crippen LogP contribution in [-0.4, -0.2) is 72.7 Å². The van der Waals surface area contributed by atoms with Crippen LogP contribution in [0.5, 0.6) is 5.75 Å². The van der Waals surface area contributed by atoms with E-state index in [0.717, 1.165) is 56.6 Å². The van der Waals surface area contributed by atoms with Gasteiger partial charge in [-0.05, 0) is 68.8 Å². The summed E-state index contributed by atoms with van der Waals surface area (Å²) in [4.78, 5) is 15.0. The van der Waals surface area contributed by atoms with Gasteiger partial charge in [0.2, 0.25) is 0 Å². The number of hydrogen-bond donors (Lipinski definition) is 3. The number of nitrogens with zero attached hydrogens (tertiary/aromatic N) is 1. The van der Waals surface area contributed by atoms with Crippen molar-refractivity contribution < 1.29 is 24.5 Å². The van der Waals surface area contributed by atoms with Gasteiger partial charge in [0.05, 0.1) is 19.3 Å². The third kappa shape index (κ3) is 6.40. The number of methoxy groups -OCH3 is 1. The first-order valence-electron chi connectivity index (χ1n) is 10.7. The normalized spacial score (nSPS) is 26.2. The minimum atomic E-state index is -0.813. The summed E-state index contributed by atoms with van der Waals surface area (Å²) in [5.41, 5.74) is 0.965. The molecule has 2 aliphatic rings. The number of carbonyl (C=O) groups is 1. The summed E-state index contributed by atoms with van der Waals surface area (Å²) in [6.07, 6.45) is 2.71. The van der Waals surface area contributed by atoms with Crippen LogP contribution in [0.3, 0.4) is 0 Å². The number of amides is 1. The number of aliphatic hydroxyl groups is 2. The molecular formula is C22H34N2O5. The molecule has 1 amide bonds. The summed E-state index contributed by atoms with van der Waals surface area (Å²) in [5.74, 6) is 0.947. The van der Waals surface area contributed by atoms with Crippen LogP contribution >= 0.6 is 0 Å². The van der Waals surface area contributed by atoms with Crippen molar-refractivity contribution in [3.63, 3.8) is 0 Å². The SMILES string of the molecule is COc1ccc(CNC(=O)C2OC(CCN3CCC(CO)CC3)CCC2O)cc1. The van der Waals surface area contributed by atoms with E-state index >= 15 is 0 Å². The molecule has 3 N–H and O–H groups in total. The standard InChI is InChI=1S/C22H34N2O5/c1-28-18-4-2-16(3-5-18)14-23-22(27)21-20(26)7-6-19(29-21)10-13-24-11-8-17(15-25)9-12-24/h2-5,17,19-21,25-26H,6-15H2,1H3,(H,23,27). The smallest absolute Gasteiger partial charge is 0.252 e. The lowest BCUT2D eigenvalue weighted by molar-refractivity contribution is -0.158. The molecule has 0 radical (unpaired) electrons. The van der Waals surface area contributed by atoms with Gasteiger partial charge in [-0.15, -0.1) is 0 Å². The van der Waals surface area contributed by atoms with Crippen molar-refractivity contribution in [2.45, 2.75) is 57.0 Å². The van der Waals surface area contributed by atoms with Gasteiger partial charge in [0.25, 0.3) is 5.91 Å². The molecule has 7 nitrogen and oxygen atoms in total. The van der Waals surface area contributed by atoms with Gasteiger partial charge in [0.1, 0.15) is 5.75 Å². The molecule has 2 fully saturated rings. The molecule has 3 unspecified atom stereocenters. The van der Waals surface area contributed by atoms with Crippen LogP contribution in [0.2, 0.25) is 0 Å². The van der Waals surface area contributed by atoms with E-state index in [0.29, 0.717) is 18.9 Å². The molecule has 2 saturated heterocycles. The van der Waals surface area contributed by atoms with Gasteiger partial charge in [-0.2, -0.15) is 0 Å². The first-order valence-corrected chi connectivity index (χ1v) is 10.7. The summed E-state index contributed by atoms with van der Waals surface area (Å²) >= 11 is 0. The maximum absolute atomic E-state index is 12.6. The van der Waals surface area contributed by atoms with Gasteiger partial charge in [-0.3, -0.25) is 4.79 Å². The van der Waals surface area contributed by atoms with Crippen molar-refractivity contribution in [3.8, 4) is 5.75 Å². The van der Waals surface area contributed by atoms with E-state index in [1.807, 2.05) is 24.3 Å². The Morgan fingerprint density at radius 3 is 2.59 bits per heavy atom. The number of rotatable bonds is 8. The summed E-state index contributed by atoms with van der Waals surface area (Å²) in [5, 5.41) is 22.4. The lowest BCUT2D eigenvalue weighted by Crippen LogP contribution is -2.49. The molecule has 0 bridgehead atoms. The van der Waals surface area contributed by atoms with Crippen LogP contribution in [0.1, 0.15) is 37.7 Å². The number of aliphatic hydroxyl groups excluding tert-OH is 2. The Hall–Kier alpha value is -1.67. The maximum Gasteiger partial charge on any atom is 0.252 e. The van der Waals surface area contributed by atoms with Gasteiger partial charge in [-0.1, -0.05) is 12.1 Å². The highest BCUT2D eigenvalue weighted by Gasteiger charge is 2.35. The quantitative estimate of drug-likeness (QED) is 0.603. The van der Waals surface area contributed by atoms with Crippen LogP contribution in [-0.2, 0) is 16.1 Å². The first-order chi connectivity index (χ1) is 14.1. The summed E-state index contributed by atoms with van der Waals surface area (Å²) in [7, 11) is 1.62. The second kappa shape index (κ2) is 10.9. The molecule has 0 saturated carbocycles. The number of nitrogens with one attached hydrogen (secondary N) is 1. The van der Waals surface area contributed by atoms with Crippen LogP contribution in [0.15, 0.2) is 24.3 Å². The third-order valence-electron chi connectivity index (χ3n) is 6.09. The molecule has 1 aromatic rings. The zero-order valence-electron chi connectivity index (χ0n) is 17.3. The fourth-order valence-electron chi connectivity index (χ4n) is 4.08. The van der Waals surface area contributed by atoms with Gasteiger partial charge in [0, 0.05) is 19.7 Å². The van der Waals surface area contributed by atoms with Crippen molar-refractivity contribution in [2.75, 3.05) is 33.4 Å². The van der Waals surface area contributed by atoms with E-state index in [2.05, 4.69) is 10.2 Å². The largest absolute Gasteiger partial charge is 0.497 e. The molecule has 0 spiro atoms. The second-order valence-corrected chi connectivity index (χ2v) is 8.15. The number of likely N-dealkylation sites (tertiary alicyclic amines) is 1. The summed E-state index contributed by atoms with van der Waals surface area (Å²) in [6.45, 7) is 3.61. The molecule has 0 aromatic heterocycles. The number of carbonyl (C=O) groups excluding carboxylic acids is 1. The van der Waals surface area contributed by atoms with Crippen molar-refractivity contribution in [2.24, 2.45) is 5.92 Å². The van der Waals surface area contributed by atoms with Crippen LogP contribution < -0.4 is 10.1 Å². The predicted octanol–water partition coefficient (Wildman–Crippen LogP) is 1.31. The summed E-state index contributed by atoms with van der Waals surface area (Å²) in [6, 6.07) is 7.51. The molecule has 2 heterocycles. The first kappa shape index (κ1) is 22.0. The Labute approximate surface area is 173 Å². The zero-order chi connectivity index (χ0) is 20.6. The lowest BCUT2D eigenvalue weighted by Gasteiger charge is -2.35. The summed E-state index contributed by atoms with van der Waals surface area (Å²) < 4.78 is 11.1. The van der Waals surface area contributed by atoms with Crippen molar-refractivity contribution >= 4 is 5.91 Å². The van der Waals surface area contributed by atoms with E-state index in [4.69, 9.17) is 9.47 Å². The number of benzene rings is 1. The Kier molecular flexibility index (Phi) is 8.29. The van der Waals surface area contributed by atoms with E-state index in [1.54, 1.807) is 7.11 Å². The molecule has 7 heteroatoms. The molecule has 29 heavy (non-hydrogen) atoms. The number of piperidine rings is 1. The topological polar surface area (TPSA) is 91.3 Å². The molecule has 3 atom stereocenters. The number of ether oxygens (including phenoxy) is 2. The zero-order valence-corrected chi connectivity index (χ0v) is 17.3. The minimum Gasteiger partial charge on any atom is -0.497 e. The highest BCUT2D eigenvalue weighted by molar-refractivity contribution is 5.81. The Morgan fingerprint density at radius 1 is 1.21 bits per heavy atom. The van der Waals surface area contributed by atoms with E-state index in [1.165, 1.54) is 0 Å². The highest BCUT2D eigenvalue weighted by atomic mass is 16.5. The van der Waals surface area contributed by atoms with Crippen molar-refractivity contribution in [3.05, 3.63) is 29.8 Å². The van der Waals surface area contributed by atoms with Crippen LogP contribution in [0, 0.1) is 5.92 Å². The molecule has 3 rings (SSSR count). The average molecular weight is 407 g/mol. The lowest BCUT2D eigenvalue weighted by atomic mass is 9.96. The van der Waals surface area contributed by atoms with Crippen LogP contribution in [0.4, 0.5) is 0 Å². The monoisotopic (exact) mass is 406 g/mol. The maximum atomic E-state index is 12.6. The van der Waals surface area contributed by atoms with Crippen LogP contribution in [0.25, 0.3) is 0 Å².